The summed E-state index contributed by atoms with van der Waals surface area (Å²) in [5.74, 6) is 2.29. The highest BCUT2D eigenvalue weighted by molar-refractivity contribution is 7.98. The molecule has 0 bridgehead atoms. The van der Waals surface area contributed by atoms with Crippen LogP contribution in [0.15, 0.2) is 0 Å². The van der Waals surface area contributed by atoms with Crippen LogP contribution in [0.1, 0.15) is 37.7 Å². The summed E-state index contributed by atoms with van der Waals surface area (Å²) in [7, 11) is 0. The SMILES string of the molecule is CC(C)(C)n1nc(CN)c2c1CSCC2. The van der Waals surface area contributed by atoms with Gasteiger partial charge < -0.3 is 5.73 Å². The maximum Gasteiger partial charge on any atom is 0.0795 e. The highest BCUT2D eigenvalue weighted by Crippen LogP contribution is 2.30. The number of aromatic nitrogens is 2. The lowest BCUT2D eigenvalue weighted by Gasteiger charge is -2.24. The second kappa shape index (κ2) is 3.83. The van der Waals surface area contributed by atoms with Gasteiger partial charge in [0.1, 0.15) is 0 Å². The summed E-state index contributed by atoms with van der Waals surface area (Å²) >= 11 is 1.99. The van der Waals surface area contributed by atoms with Crippen molar-refractivity contribution in [2.75, 3.05) is 5.75 Å². The molecule has 0 fully saturated rings. The Bertz CT molecular complexity index is 363. The first-order valence-electron chi connectivity index (χ1n) is 5.42. The standard InChI is InChI=1S/C11H19N3S/c1-11(2,3)14-10-7-15-5-4-8(10)9(6-12)13-14/h4-7,12H2,1-3H3. The molecule has 0 unspecified atom stereocenters. The molecule has 0 aliphatic carbocycles. The van der Waals surface area contributed by atoms with Gasteiger partial charge in [-0.3, -0.25) is 4.68 Å². The number of rotatable bonds is 1. The summed E-state index contributed by atoms with van der Waals surface area (Å²) in [6.45, 7) is 7.15. The number of nitrogens with zero attached hydrogens (tertiary/aromatic N) is 2. The minimum atomic E-state index is 0.0649. The van der Waals surface area contributed by atoms with Gasteiger partial charge in [0.05, 0.1) is 16.9 Å². The van der Waals surface area contributed by atoms with E-state index in [1.165, 1.54) is 17.0 Å². The van der Waals surface area contributed by atoms with E-state index in [-0.39, 0.29) is 5.54 Å². The lowest BCUT2D eigenvalue weighted by molar-refractivity contribution is 0.344. The molecule has 1 aliphatic heterocycles. The van der Waals surface area contributed by atoms with Crippen LogP contribution in [0.25, 0.3) is 0 Å². The van der Waals surface area contributed by atoms with Crippen LogP contribution in [0.2, 0.25) is 0 Å². The van der Waals surface area contributed by atoms with Crippen LogP contribution in [0.4, 0.5) is 0 Å². The first-order chi connectivity index (χ1) is 7.04. The van der Waals surface area contributed by atoms with Gasteiger partial charge in [-0.05, 0) is 38.5 Å². The van der Waals surface area contributed by atoms with Crippen molar-refractivity contribution in [2.45, 2.75) is 45.0 Å². The van der Waals surface area contributed by atoms with Gasteiger partial charge in [-0.2, -0.15) is 16.9 Å². The first kappa shape index (κ1) is 11.0. The van der Waals surface area contributed by atoms with Crippen LogP contribution in [0.5, 0.6) is 0 Å². The van der Waals surface area contributed by atoms with E-state index in [0.717, 1.165) is 17.9 Å². The van der Waals surface area contributed by atoms with E-state index >= 15 is 0 Å². The zero-order chi connectivity index (χ0) is 11.1. The third kappa shape index (κ3) is 1.93. The van der Waals surface area contributed by atoms with Gasteiger partial charge in [-0.15, -0.1) is 0 Å². The van der Waals surface area contributed by atoms with Gasteiger partial charge in [-0.1, -0.05) is 0 Å². The number of hydrogen-bond acceptors (Lipinski definition) is 3. The minimum Gasteiger partial charge on any atom is -0.325 e. The fraction of sp³-hybridized carbons (Fsp3) is 0.727. The molecule has 0 spiro atoms. The summed E-state index contributed by atoms with van der Waals surface area (Å²) in [4.78, 5) is 0. The fourth-order valence-electron chi connectivity index (χ4n) is 2.03. The van der Waals surface area contributed by atoms with Crippen LogP contribution in [0.3, 0.4) is 0 Å². The molecule has 0 amide bonds. The van der Waals surface area contributed by atoms with Crippen molar-refractivity contribution in [1.82, 2.24) is 9.78 Å². The Hall–Kier alpha value is -0.480. The molecule has 15 heavy (non-hydrogen) atoms. The summed E-state index contributed by atoms with van der Waals surface area (Å²) in [5, 5.41) is 4.66. The van der Waals surface area contributed by atoms with E-state index in [0.29, 0.717) is 6.54 Å². The van der Waals surface area contributed by atoms with Gasteiger partial charge in [0.2, 0.25) is 0 Å². The van der Waals surface area contributed by atoms with Gasteiger partial charge >= 0.3 is 0 Å². The Labute approximate surface area is 95.4 Å². The quantitative estimate of drug-likeness (QED) is 0.793. The Kier molecular flexibility index (Phi) is 2.81. The van der Waals surface area contributed by atoms with E-state index in [9.17, 15) is 0 Å². The number of nitrogens with two attached hydrogens (primary N) is 1. The van der Waals surface area contributed by atoms with E-state index in [1.807, 2.05) is 11.8 Å². The molecule has 0 atom stereocenters. The molecule has 0 radical (unpaired) electrons. The maximum absolute atomic E-state index is 5.75. The first-order valence-corrected chi connectivity index (χ1v) is 6.57. The van der Waals surface area contributed by atoms with Crippen LogP contribution in [-0.4, -0.2) is 15.5 Å². The number of fused-ring (bicyclic) bond motifs is 1. The zero-order valence-electron chi connectivity index (χ0n) is 9.71. The average Bonchev–Trinajstić information content (AvgIpc) is 2.55. The monoisotopic (exact) mass is 225 g/mol. The number of thioether (sulfide) groups is 1. The van der Waals surface area contributed by atoms with Crippen molar-refractivity contribution < 1.29 is 0 Å². The van der Waals surface area contributed by atoms with Crippen molar-refractivity contribution in [1.29, 1.82) is 0 Å². The third-order valence-corrected chi connectivity index (χ3v) is 3.71. The van der Waals surface area contributed by atoms with E-state index in [1.54, 1.807) is 0 Å². The molecule has 0 saturated carbocycles. The molecule has 1 aliphatic rings. The summed E-state index contributed by atoms with van der Waals surface area (Å²) in [6, 6.07) is 0. The van der Waals surface area contributed by atoms with Crippen molar-refractivity contribution in [3.8, 4) is 0 Å². The smallest absolute Gasteiger partial charge is 0.0795 e. The summed E-state index contributed by atoms with van der Waals surface area (Å²) < 4.78 is 2.16. The van der Waals surface area contributed by atoms with Crippen molar-refractivity contribution in [3.63, 3.8) is 0 Å². The minimum absolute atomic E-state index is 0.0649. The molecule has 0 aromatic carbocycles. The maximum atomic E-state index is 5.75. The molecular weight excluding hydrogens is 206 g/mol. The third-order valence-electron chi connectivity index (χ3n) is 2.74. The second-order valence-corrected chi connectivity index (χ2v) is 6.07. The Morgan fingerprint density at radius 3 is 2.80 bits per heavy atom. The summed E-state index contributed by atoms with van der Waals surface area (Å²) in [5.41, 5.74) is 9.71. The summed E-state index contributed by atoms with van der Waals surface area (Å²) in [6.07, 6.45) is 1.13. The predicted octanol–water partition coefficient (Wildman–Crippen LogP) is 1.89. The molecular formula is C11H19N3S. The average molecular weight is 225 g/mol. The Morgan fingerprint density at radius 2 is 2.20 bits per heavy atom. The fourth-order valence-corrected chi connectivity index (χ4v) is 3.02. The zero-order valence-corrected chi connectivity index (χ0v) is 10.5. The molecule has 3 nitrogen and oxygen atoms in total. The molecule has 2 heterocycles. The van der Waals surface area contributed by atoms with Gasteiger partial charge in [0.25, 0.3) is 0 Å². The molecule has 84 valence electrons. The lowest BCUT2D eigenvalue weighted by Crippen LogP contribution is -2.26. The highest BCUT2D eigenvalue weighted by atomic mass is 32.2. The topological polar surface area (TPSA) is 43.8 Å². The largest absolute Gasteiger partial charge is 0.325 e. The van der Waals surface area contributed by atoms with Crippen LogP contribution in [-0.2, 0) is 24.3 Å². The van der Waals surface area contributed by atoms with Gasteiger partial charge in [0, 0.05) is 12.3 Å². The predicted molar refractivity (Wildman–Crippen MR) is 65.0 cm³/mol. The Balaban J connectivity index is 2.52. The normalized spacial score (nSPS) is 16.5. The van der Waals surface area contributed by atoms with Crippen LogP contribution < -0.4 is 5.73 Å². The molecule has 0 saturated heterocycles. The van der Waals surface area contributed by atoms with Crippen molar-refractivity contribution >= 4 is 11.8 Å². The highest BCUT2D eigenvalue weighted by Gasteiger charge is 2.25. The van der Waals surface area contributed by atoms with Crippen molar-refractivity contribution in [3.05, 3.63) is 17.0 Å². The van der Waals surface area contributed by atoms with Crippen LogP contribution in [0, 0.1) is 0 Å². The van der Waals surface area contributed by atoms with Crippen molar-refractivity contribution in [2.24, 2.45) is 5.73 Å². The van der Waals surface area contributed by atoms with Gasteiger partial charge in [-0.25, -0.2) is 0 Å². The van der Waals surface area contributed by atoms with E-state index < -0.39 is 0 Å². The second-order valence-electron chi connectivity index (χ2n) is 4.96. The van der Waals surface area contributed by atoms with E-state index in [4.69, 9.17) is 5.73 Å². The Morgan fingerprint density at radius 1 is 1.47 bits per heavy atom. The van der Waals surface area contributed by atoms with Crippen LogP contribution >= 0.6 is 11.8 Å². The molecule has 4 heteroatoms. The van der Waals surface area contributed by atoms with E-state index in [2.05, 4.69) is 30.6 Å². The molecule has 2 N–H and O–H groups in total. The lowest BCUT2D eigenvalue weighted by atomic mass is 10.1. The molecule has 1 aromatic rings. The van der Waals surface area contributed by atoms with Gasteiger partial charge in [0.15, 0.2) is 0 Å². The molecule has 1 aromatic heterocycles. The molecule has 2 rings (SSSR count). The number of hydrogen-bond donors (Lipinski definition) is 1.